The summed E-state index contributed by atoms with van der Waals surface area (Å²) in [4.78, 5) is 12.5. The van der Waals surface area contributed by atoms with E-state index in [1.54, 1.807) is 7.11 Å². The van der Waals surface area contributed by atoms with Crippen LogP contribution < -0.4 is 15.4 Å². The number of hydrogen-bond acceptors (Lipinski definition) is 7. The van der Waals surface area contributed by atoms with Gasteiger partial charge in [0, 0.05) is 25.6 Å². The van der Waals surface area contributed by atoms with Crippen LogP contribution in [0.5, 0.6) is 6.01 Å². The van der Waals surface area contributed by atoms with Gasteiger partial charge in [0.15, 0.2) is 0 Å². The summed E-state index contributed by atoms with van der Waals surface area (Å²) < 4.78 is 10.4. The van der Waals surface area contributed by atoms with Crippen LogP contribution in [0.4, 0.5) is 11.9 Å². The van der Waals surface area contributed by atoms with Gasteiger partial charge in [-0.05, 0) is 13.3 Å². The molecule has 7 heteroatoms. The van der Waals surface area contributed by atoms with Gasteiger partial charge in [-0.15, -0.1) is 0 Å². The van der Waals surface area contributed by atoms with Crippen molar-refractivity contribution in [3.8, 4) is 6.01 Å². The summed E-state index contributed by atoms with van der Waals surface area (Å²) in [5.74, 6) is 1.58. The number of nitrogens with one attached hydrogen (secondary N) is 2. The third-order valence-corrected chi connectivity index (χ3v) is 2.71. The van der Waals surface area contributed by atoms with Crippen LogP contribution in [-0.4, -0.2) is 48.4 Å². The number of nitrogens with zero attached hydrogens (tertiary/aromatic N) is 3. The molecule has 2 N–H and O–H groups in total. The van der Waals surface area contributed by atoms with Crippen LogP contribution in [0.3, 0.4) is 0 Å². The molecule has 0 aromatic carbocycles. The van der Waals surface area contributed by atoms with E-state index < -0.39 is 0 Å². The third kappa shape index (κ3) is 3.43. The first-order chi connectivity index (χ1) is 8.81. The second-order valence-corrected chi connectivity index (χ2v) is 4.11. The molecule has 0 amide bonds. The van der Waals surface area contributed by atoms with Crippen molar-refractivity contribution >= 4 is 11.9 Å². The predicted octanol–water partition coefficient (Wildman–Crippen LogP) is 0.760. The summed E-state index contributed by atoms with van der Waals surface area (Å²) in [6.45, 7) is 5.19. The van der Waals surface area contributed by atoms with Gasteiger partial charge in [-0.2, -0.15) is 15.0 Å². The molecule has 1 atom stereocenters. The van der Waals surface area contributed by atoms with Gasteiger partial charge < -0.3 is 20.1 Å². The third-order valence-electron chi connectivity index (χ3n) is 2.71. The van der Waals surface area contributed by atoms with Gasteiger partial charge in [0.2, 0.25) is 11.9 Å². The van der Waals surface area contributed by atoms with Crippen LogP contribution in [-0.2, 0) is 4.74 Å². The minimum Gasteiger partial charge on any atom is -0.467 e. The monoisotopic (exact) mass is 253 g/mol. The van der Waals surface area contributed by atoms with Crippen molar-refractivity contribution in [1.82, 2.24) is 15.0 Å². The molecular formula is C11H19N5O2. The molecule has 1 unspecified atom stereocenters. The highest BCUT2D eigenvalue weighted by Crippen LogP contribution is 2.14. The molecule has 0 radical (unpaired) electrons. The van der Waals surface area contributed by atoms with Crippen molar-refractivity contribution in [2.24, 2.45) is 5.92 Å². The maximum atomic E-state index is 5.32. The number of ether oxygens (including phenoxy) is 2. The Morgan fingerprint density at radius 1 is 1.28 bits per heavy atom. The zero-order chi connectivity index (χ0) is 12.8. The zero-order valence-corrected chi connectivity index (χ0v) is 10.8. The van der Waals surface area contributed by atoms with E-state index >= 15 is 0 Å². The van der Waals surface area contributed by atoms with E-state index in [2.05, 4.69) is 25.6 Å². The maximum absolute atomic E-state index is 5.32. The SMILES string of the molecule is CCNc1nc(NCC2CCOC2)nc(OC)n1. The van der Waals surface area contributed by atoms with Crippen molar-refractivity contribution in [1.29, 1.82) is 0 Å². The van der Waals surface area contributed by atoms with E-state index in [0.29, 0.717) is 23.8 Å². The molecule has 1 aliphatic heterocycles. The molecule has 2 heterocycles. The summed E-state index contributed by atoms with van der Waals surface area (Å²) in [6.07, 6.45) is 1.08. The molecule has 0 saturated carbocycles. The number of aromatic nitrogens is 3. The molecule has 1 aliphatic rings. The highest BCUT2D eigenvalue weighted by atomic mass is 16.5. The van der Waals surface area contributed by atoms with Crippen LogP contribution >= 0.6 is 0 Å². The van der Waals surface area contributed by atoms with Crippen molar-refractivity contribution < 1.29 is 9.47 Å². The smallest absolute Gasteiger partial charge is 0.322 e. The molecule has 2 rings (SSSR count). The average Bonchev–Trinajstić information content (AvgIpc) is 2.89. The topological polar surface area (TPSA) is 81.2 Å². The highest BCUT2D eigenvalue weighted by molar-refractivity contribution is 5.35. The summed E-state index contributed by atoms with van der Waals surface area (Å²) in [7, 11) is 1.54. The van der Waals surface area contributed by atoms with Gasteiger partial charge in [-0.1, -0.05) is 0 Å². The van der Waals surface area contributed by atoms with Crippen molar-refractivity contribution in [2.45, 2.75) is 13.3 Å². The van der Waals surface area contributed by atoms with Crippen LogP contribution in [0.1, 0.15) is 13.3 Å². The molecule has 0 spiro atoms. The summed E-state index contributed by atoms with van der Waals surface area (Å²) in [6, 6.07) is 0.311. The number of anilines is 2. The fourth-order valence-electron chi connectivity index (χ4n) is 1.74. The van der Waals surface area contributed by atoms with Gasteiger partial charge in [0.05, 0.1) is 13.7 Å². The first kappa shape index (κ1) is 12.8. The van der Waals surface area contributed by atoms with E-state index in [9.17, 15) is 0 Å². The Morgan fingerprint density at radius 2 is 2.06 bits per heavy atom. The van der Waals surface area contributed by atoms with Gasteiger partial charge >= 0.3 is 6.01 Å². The largest absolute Gasteiger partial charge is 0.467 e. The van der Waals surface area contributed by atoms with E-state index in [0.717, 1.165) is 32.7 Å². The number of methoxy groups -OCH3 is 1. The summed E-state index contributed by atoms with van der Waals surface area (Å²) in [5, 5.41) is 6.24. The van der Waals surface area contributed by atoms with E-state index in [1.807, 2.05) is 6.92 Å². The van der Waals surface area contributed by atoms with Crippen LogP contribution in [0, 0.1) is 5.92 Å². The lowest BCUT2D eigenvalue weighted by atomic mass is 10.1. The fraction of sp³-hybridized carbons (Fsp3) is 0.727. The van der Waals surface area contributed by atoms with E-state index in [1.165, 1.54) is 0 Å². The normalized spacial score (nSPS) is 18.7. The molecule has 100 valence electrons. The van der Waals surface area contributed by atoms with Gasteiger partial charge in [-0.3, -0.25) is 0 Å². The minimum atomic E-state index is 0.311. The lowest BCUT2D eigenvalue weighted by Crippen LogP contribution is -2.17. The average molecular weight is 253 g/mol. The molecule has 1 aromatic rings. The quantitative estimate of drug-likeness (QED) is 0.774. The molecule has 18 heavy (non-hydrogen) atoms. The Labute approximate surface area is 106 Å². The van der Waals surface area contributed by atoms with Crippen molar-refractivity contribution in [2.75, 3.05) is 44.0 Å². The summed E-state index contributed by atoms with van der Waals surface area (Å²) in [5.41, 5.74) is 0. The van der Waals surface area contributed by atoms with Crippen molar-refractivity contribution in [3.05, 3.63) is 0 Å². The van der Waals surface area contributed by atoms with Crippen molar-refractivity contribution in [3.63, 3.8) is 0 Å². The Morgan fingerprint density at radius 3 is 2.67 bits per heavy atom. The standard InChI is InChI=1S/C11H19N5O2/c1-3-12-9-14-10(16-11(15-9)17-2)13-6-8-4-5-18-7-8/h8H,3-7H2,1-2H3,(H2,12,13,14,15,16). The van der Waals surface area contributed by atoms with E-state index in [4.69, 9.17) is 9.47 Å². The predicted molar refractivity (Wildman–Crippen MR) is 68.0 cm³/mol. The molecule has 0 aliphatic carbocycles. The summed E-state index contributed by atoms with van der Waals surface area (Å²) >= 11 is 0. The number of rotatable bonds is 6. The Hall–Kier alpha value is -1.63. The molecule has 0 bridgehead atoms. The molecule has 1 saturated heterocycles. The molecular weight excluding hydrogens is 234 g/mol. The second kappa shape index (κ2) is 6.34. The first-order valence-corrected chi connectivity index (χ1v) is 6.17. The van der Waals surface area contributed by atoms with Crippen LogP contribution in [0.2, 0.25) is 0 Å². The number of hydrogen-bond donors (Lipinski definition) is 2. The van der Waals surface area contributed by atoms with Gasteiger partial charge in [-0.25, -0.2) is 0 Å². The fourth-order valence-corrected chi connectivity index (χ4v) is 1.74. The first-order valence-electron chi connectivity index (χ1n) is 6.17. The van der Waals surface area contributed by atoms with Crippen LogP contribution in [0.15, 0.2) is 0 Å². The lowest BCUT2D eigenvalue weighted by molar-refractivity contribution is 0.187. The molecule has 1 fully saturated rings. The maximum Gasteiger partial charge on any atom is 0.322 e. The Kier molecular flexibility index (Phi) is 4.52. The van der Waals surface area contributed by atoms with Crippen LogP contribution in [0.25, 0.3) is 0 Å². The Balaban J connectivity index is 1.98. The minimum absolute atomic E-state index is 0.311. The highest BCUT2D eigenvalue weighted by Gasteiger charge is 2.16. The molecule has 7 nitrogen and oxygen atoms in total. The second-order valence-electron chi connectivity index (χ2n) is 4.11. The Bertz CT molecular complexity index is 382. The van der Waals surface area contributed by atoms with Gasteiger partial charge in [0.1, 0.15) is 0 Å². The van der Waals surface area contributed by atoms with Gasteiger partial charge in [0.25, 0.3) is 0 Å². The van der Waals surface area contributed by atoms with E-state index in [-0.39, 0.29) is 0 Å². The molecule has 1 aromatic heterocycles. The lowest BCUT2D eigenvalue weighted by Gasteiger charge is -2.11. The zero-order valence-electron chi connectivity index (χ0n) is 10.8.